The Morgan fingerprint density at radius 2 is 2.05 bits per heavy atom. The second-order valence-corrected chi connectivity index (χ2v) is 6.66. The molecule has 0 radical (unpaired) electrons. The maximum Gasteiger partial charge on any atom is 0.0728 e. The molecule has 4 heteroatoms. The molecule has 0 bridgehead atoms. The summed E-state index contributed by atoms with van der Waals surface area (Å²) in [5, 5.41) is 3.45. The van der Waals surface area contributed by atoms with Gasteiger partial charge in [-0.2, -0.15) is 0 Å². The van der Waals surface area contributed by atoms with E-state index in [1.807, 2.05) is 0 Å². The minimum atomic E-state index is 0.661. The molecule has 0 amide bonds. The highest BCUT2D eigenvalue weighted by atomic mass is 79.9. The summed E-state index contributed by atoms with van der Waals surface area (Å²) in [6.45, 7) is 8.78. The Morgan fingerprint density at radius 3 is 2.65 bits per heavy atom. The first-order valence-electron chi connectivity index (χ1n) is 7.19. The summed E-state index contributed by atoms with van der Waals surface area (Å²) in [6.07, 6.45) is 0. The second kappa shape index (κ2) is 9.50. The molecule has 0 saturated carbocycles. The molecule has 20 heavy (non-hydrogen) atoms. The van der Waals surface area contributed by atoms with Crippen LogP contribution in [0.2, 0.25) is 0 Å². The van der Waals surface area contributed by atoms with Gasteiger partial charge in [-0.15, -0.1) is 0 Å². The van der Waals surface area contributed by atoms with Crippen LogP contribution in [0.3, 0.4) is 0 Å². The van der Waals surface area contributed by atoms with Crippen LogP contribution in [0.25, 0.3) is 0 Å². The fraction of sp³-hybridized carbons (Fsp3) is 0.625. The van der Waals surface area contributed by atoms with Crippen LogP contribution in [0.1, 0.15) is 25.0 Å². The maximum atomic E-state index is 5.68. The van der Waals surface area contributed by atoms with E-state index in [1.54, 1.807) is 0 Å². The van der Waals surface area contributed by atoms with Gasteiger partial charge in [-0.1, -0.05) is 41.9 Å². The molecule has 1 aromatic carbocycles. The zero-order chi connectivity index (χ0) is 15.0. The molecule has 1 N–H and O–H groups in total. The Labute approximate surface area is 131 Å². The number of ether oxygens (including phenoxy) is 1. The molecule has 0 spiro atoms. The highest BCUT2D eigenvalue weighted by Gasteiger charge is 2.03. The Balaban J connectivity index is 2.39. The lowest BCUT2D eigenvalue weighted by atomic mass is 10.1. The van der Waals surface area contributed by atoms with Crippen molar-refractivity contribution in [2.45, 2.75) is 27.0 Å². The Kier molecular flexibility index (Phi) is 8.38. The maximum absolute atomic E-state index is 5.68. The number of nitrogens with one attached hydrogen (secondary N) is 1. The molecule has 114 valence electrons. The van der Waals surface area contributed by atoms with Gasteiger partial charge in [-0.3, -0.25) is 0 Å². The molecule has 0 fully saturated rings. The van der Waals surface area contributed by atoms with Crippen molar-refractivity contribution in [2.24, 2.45) is 5.92 Å². The Hall–Kier alpha value is -0.420. The van der Waals surface area contributed by atoms with Crippen LogP contribution in [0.4, 0.5) is 0 Å². The normalized spacial score (nSPS) is 11.6. The molecular formula is C16H27BrN2O. The number of likely N-dealkylation sites (N-methyl/N-ethyl adjacent to an activating group) is 1. The predicted molar refractivity (Wildman–Crippen MR) is 88.9 cm³/mol. The molecule has 1 rings (SSSR count). The van der Waals surface area contributed by atoms with E-state index >= 15 is 0 Å². The average Bonchev–Trinajstić information content (AvgIpc) is 2.36. The fourth-order valence-corrected chi connectivity index (χ4v) is 2.29. The molecule has 1 aromatic rings. The summed E-state index contributed by atoms with van der Waals surface area (Å²) in [4.78, 5) is 2.12. The highest BCUT2D eigenvalue weighted by Crippen LogP contribution is 2.19. The van der Waals surface area contributed by atoms with Crippen molar-refractivity contribution in [3.63, 3.8) is 0 Å². The van der Waals surface area contributed by atoms with Gasteiger partial charge in [0.1, 0.15) is 0 Å². The number of hydrogen-bond acceptors (Lipinski definition) is 3. The summed E-state index contributed by atoms with van der Waals surface area (Å²) in [6, 6.07) is 6.49. The van der Waals surface area contributed by atoms with Gasteiger partial charge in [-0.25, -0.2) is 0 Å². The van der Waals surface area contributed by atoms with Gasteiger partial charge in [0.15, 0.2) is 0 Å². The van der Waals surface area contributed by atoms with Crippen LogP contribution in [-0.2, 0) is 17.9 Å². The second-order valence-electron chi connectivity index (χ2n) is 5.81. The molecule has 0 aromatic heterocycles. The standard InChI is InChI=1S/C16H27BrN2O/c1-13(2)10-18-11-14-5-6-15(16(17)9-14)12-20-8-7-19(3)4/h5-6,9,13,18H,7-8,10-12H2,1-4H3. The smallest absolute Gasteiger partial charge is 0.0728 e. The van der Waals surface area contributed by atoms with Crippen LogP contribution in [-0.4, -0.2) is 38.7 Å². The lowest BCUT2D eigenvalue weighted by Crippen LogP contribution is -2.19. The first-order valence-corrected chi connectivity index (χ1v) is 7.99. The molecular weight excluding hydrogens is 316 g/mol. The monoisotopic (exact) mass is 342 g/mol. The SMILES string of the molecule is CC(C)CNCc1ccc(COCCN(C)C)c(Br)c1. The Morgan fingerprint density at radius 1 is 1.30 bits per heavy atom. The van der Waals surface area contributed by atoms with Crippen LogP contribution in [0.15, 0.2) is 22.7 Å². The van der Waals surface area contributed by atoms with Crippen molar-refractivity contribution in [3.05, 3.63) is 33.8 Å². The quantitative estimate of drug-likeness (QED) is 0.697. The van der Waals surface area contributed by atoms with Gasteiger partial charge in [0.2, 0.25) is 0 Å². The third-order valence-electron chi connectivity index (χ3n) is 2.94. The largest absolute Gasteiger partial charge is 0.375 e. The number of benzene rings is 1. The lowest BCUT2D eigenvalue weighted by molar-refractivity contribution is 0.105. The predicted octanol–water partition coefficient (Wildman–Crippen LogP) is 3.27. The fourth-order valence-electron chi connectivity index (χ4n) is 1.75. The molecule has 0 unspecified atom stereocenters. The minimum absolute atomic E-state index is 0.661. The molecule has 0 aliphatic heterocycles. The van der Waals surface area contributed by atoms with Gasteiger partial charge in [0.25, 0.3) is 0 Å². The van der Waals surface area contributed by atoms with E-state index < -0.39 is 0 Å². The first-order chi connectivity index (χ1) is 9.49. The van der Waals surface area contributed by atoms with Crippen LogP contribution in [0, 0.1) is 5.92 Å². The minimum Gasteiger partial charge on any atom is -0.375 e. The summed E-state index contributed by atoms with van der Waals surface area (Å²) >= 11 is 3.63. The number of nitrogens with zero attached hydrogens (tertiary/aromatic N) is 1. The average molecular weight is 343 g/mol. The van der Waals surface area contributed by atoms with Gasteiger partial charge in [0, 0.05) is 17.6 Å². The van der Waals surface area contributed by atoms with Crippen LogP contribution in [0.5, 0.6) is 0 Å². The molecule has 0 heterocycles. The zero-order valence-electron chi connectivity index (χ0n) is 13.1. The molecule has 0 atom stereocenters. The van der Waals surface area contributed by atoms with Crippen molar-refractivity contribution in [1.82, 2.24) is 10.2 Å². The lowest BCUT2D eigenvalue weighted by Gasteiger charge is -2.12. The first kappa shape index (κ1) is 17.6. The van der Waals surface area contributed by atoms with Crippen molar-refractivity contribution in [3.8, 4) is 0 Å². The molecule has 0 aliphatic carbocycles. The van der Waals surface area contributed by atoms with Crippen LogP contribution < -0.4 is 5.32 Å². The number of hydrogen-bond donors (Lipinski definition) is 1. The summed E-state index contributed by atoms with van der Waals surface area (Å²) in [5.74, 6) is 0.683. The van der Waals surface area contributed by atoms with E-state index in [9.17, 15) is 0 Å². The van der Waals surface area contributed by atoms with Gasteiger partial charge < -0.3 is 15.0 Å². The molecule has 0 aliphatic rings. The summed E-state index contributed by atoms with van der Waals surface area (Å²) in [7, 11) is 4.11. The molecule has 0 saturated heterocycles. The van der Waals surface area contributed by atoms with E-state index in [0.717, 1.165) is 30.7 Å². The topological polar surface area (TPSA) is 24.5 Å². The zero-order valence-corrected chi connectivity index (χ0v) is 14.7. The highest BCUT2D eigenvalue weighted by molar-refractivity contribution is 9.10. The summed E-state index contributed by atoms with van der Waals surface area (Å²) in [5.41, 5.74) is 2.51. The van der Waals surface area contributed by atoms with E-state index in [2.05, 4.69) is 72.3 Å². The van der Waals surface area contributed by atoms with E-state index in [-0.39, 0.29) is 0 Å². The van der Waals surface area contributed by atoms with E-state index in [4.69, 9.17) is 4.74 Å². The van der Waals surface area contributed by atoms with Crippen molar-refractivity contribution in [1.29, 1.82) is 0 Å². The van der Waals surface area contributed by atoms with Crippen molar-refractivity contribution in [2.75, 3.05) is 33.8 Å². The summed E-state index contributed by atoms with van der Waals surface area (Å²) < 4.78 is 6.81. The Bertz CT molecular complexity index is 394. The van der Waals surface area contributed by atoms with Crippen molar-refractivity contribution < 1.29 is 4.74 Å². The van der Waals surface area contributed by atoms with Crippen LogP contribution >= 0.6 is 15.9 Å². The number of halogens is 1. The van der Waals surface area contributed by atoms with Gasteiger partial charge in [-0.05, 0) is 43.8 Å². The number of rotatable bonds is 9. The van der Waals surface area contributed by atoms with Gasteiger partial charge in [0.05, 0.1) is 13.2 Å². The van der Waals surface area contributed by atoms with Crippen molar-refractivity contribution >= 4 is 15.9 Å². The molecule has 3 nitrogen and oxygen atoms in total. The third kappa shape index (κ3) is 7.39. The van der Waals surface area contributed by atoms with E-state index in [0.29, 0.717) is 12.5 Å². The van der Waals surface area contributed by atoms with E-state index in [1.165, 1.54) is 11.1 Å². The third-order valence-corrected chi connectivity index (χ3v) is 3.68. The van der Waals surface area contributed by atoms with Gasteiger partial charge >= 0.3 is 0 Å².